The van der Waals surface area contributed by atoms with Gasteiger partial charge >= 0.3 is 12.1 Å². The van der Waals surface area contributed by atoms with Gasteiger partial charge < -0.3 is 14.7 Å². The molecule has 8 heteroatoms. The smallest absolute Gasteiger partial charge is 0.411 e. The van der Waals surface area contributed by atoms with Crippen LogP contribution in [0, 0.1) is 0 Å². The number of thioether (sulfide) groups is 1. The fraction of sp³-hybridized carbons (Fsp3) is 0.222. The summed E-state index contributed by atoms with van der Waals surface area (Å²) in [5, 5.41) is 12.0. The molecule has 0 saturated carbocycles. The van der Waals surface area contributed by atoms with Crippen LogP contribution in [-0.2, 0) is 20.7 Å². The number of nitrogens with one attached hydrogen (secondary N) is 1. The van der Waals surface area contributed by atoms with Gasteiger partial charge in [0.15, 0.2) is 0 Å². The number of carbonyl (C=O) groups excluding carboxylic acids is 2. The monoisotopic (exact) mass is 488 g/mol. The Balaban J connectivity index is 1.17. The third kappa shape index (κ3) is 4.74. The summed E-state index contributed by atoms with van der Waals surface area (Å²) in [6.07, 6.45) is -0.440. The van der Waals surface area contributed by atoms with E-state index >= 15 is 0 Å². The summed E-state index contributed by atoms with van der Waals surface area (Å²) in [5.41, 5.74) is 5.94. The average molecular weight is 489 g/mol. The predicted octanol–water partition coefficient (Wildman–Crippen LogP) is 4.58. The van der Waals surface area contributed by atoms with E-state index in [1.165, 1.54) is 27.8 Å². The van der Waals surface area contributed by atoms with Gasteiger partial charge in [-0.1, -0.05) is 60.7 Å². The molecule has 1 saturated heterocycles. The van der Waals surface area contributed by atoms with E-state index in [9.17, 15) is 19.5 Å². The van der Waals surface area contributed by atoms with Gasteiger partial charge in [-0.3, -0.25) is 10.1 Å². The van der Waals surface area contributed by atoms with Gasteiger partial charge in [0.1, 0.15) is 12.6 Å². The first-order valence-corrected chi connectivity index (χ1v) is 12.5. The largest absolute Gasteiger partial charge is 0.480 e. The second-order valence-corrected chi connectivity index (χ2v) is 9.54. The Bertz CT molecular complexity index is 1230. The number of fused-ring (bicyclic) bond motifs is 3. The molecule has 178 valence electrons. The summed E-state index contributed by atoms with van der Waals surface area (Å²) in [7, 11) is 0. The van der Waals surface area contributed by atoms with Crippen molar-refractivity contribution in [1.82, 2.24) is 4.90 Å². The molecule has 2 N–H and O–H groups in total. The van der Waals surface area contributed by atoms with Gasteiger partial charge in [0.25, 0.3) is 0 Å². The highest BCUT2D eigenvalue weighted by Crippen LogP contribution is 2.44. The topological polar surface area (TPSA) is 95.9 Å². The summed E-state index contributed by atoms with van der Waals surface area (Å²) < 4.78 is 5.57. The molecule has 35 heavy (non-hydrogen) atoms. The maximum Gasteiger partial charge on any atom is 0.411 e. The molecular formula is C27H24N2O5S. The molecule has 0 spiro atoms. The minimum absolute atomic E-state index is 0.0140. The highest BCUT2D eigenvalue weighted by molar-refractivity contribution is 7.99. The Kier molecular flexibility index (Phi) is 6.46. The average Bonchev–Trinajstić information content (AvgIpc) is 3.48. The van der Waals surface area contributed by atoms with Gasteiger partial charge in [-0.05, 0) is 39.9 Å². The Labute approximate surface area is 207 Å². The quantitative estimate of drug-likeness (QED) is 0.528. The van der Waals surface area contributed by atoms with Crippen molar-refractivity contribution in [3.63, 3.8) is 0 Å². The van der Waals surface area contributed by atoms with E-state index in [1.807, 2.05) is 24.3 Å². The van der Waals surface area contributed by atoms with Gasteiger partial charge in [0, 0.05) is 17.4 Å². The van der Waals surface area contributed by atoms with Crippen molar-refractivity contribution in [3.05, 3.63) is 89.5 Å². The van der Waals surface area contributed by atoms with Crippen LogP contribution in [0.4, 0.5) is 10.5 Å². The summed E-state index contributed by atoms with van der Waals surface area (Å²) in [6.45, 7) is 0.227. The molecule has 0 aromatic heterocycles. The molecule has 5 rings (SSSR count). The first-order valence-electron chi connectivity index (χ1n) is 11.3. The van der Waals surface area contributed by atoms with Crippen molar-refractivity contribution in [2.75, 3.05) is 23.6 Å². The molecule has 0 unspecified atom stereocenters. The maximum atomic E-state index is 12.5. The number of nitrogens with zero attached hydrogens (tertiary/aromatic N) is 1. The Morgan fingerprint density at radius 1 is 0.943 bits per heavy atom. The lowest BCUT2D eigenvalue weighted by molar-refractivity contribution is -0.147. The molecule has 2 amide bonds. The zero-order chi connectivity index (χ0) is 24.4. The van der Waals surface area contributed by atoms with Crippen molar-refractivity contribution in [1.29, 1.82) is 0 Å². The van der Waals surface area contributed by atoms with Crippen LogP contribution in [0.15, 0.2) is 72.8 Å². The van der Waals surface area contributed by atoms with Crippen LogP contribution < -0.4 is 5.32 Å². The molecular weight excluding hydrogens is 464 g/mol. The van der Waals surface area contributed by atoms with Crippen molar-refractivity contribution in [3.8, 4) is 11.1 Å². The minimum Gasteiger partial charge on any atom is -0.480 e. The van der Waals surface area contributed by atoms with E-state index in [0.29, 0.717) is 17.3 Å². The highest BCUT2D eigenvalue weighted by atomic mass is 32.2. The number of carboxylic acids is 1. The lowest BCUT2D eigenvalue weighted by Crippen LogP contribution is -2.42. The van der Waals surface area contributed by atoms with Gasteiger partial charge in [-0.15, -0.1) is 11.8 Å². The lowest BCUT2D eigenvalue weighted by Gasteiger charge is -2.20. The van der Waals surface area contributed by atoms with Crippen LogP contribution in [0.5, 0.6) is 0 Å². The molecule has 2 aliphatic rings. The summed E-state index contributed by atoms with van der Waals surface area (Å²) in [6, 6.07) is 22.5. The number of hydrogen-bond acceptors (Lipinski definition) is 5. The molecule has 1 heterocycles. The molecule has 7 nitrogen and oxygen atoms in total. The number of aliphatic carboxylic acids is 1. The minimum atomic E-state index is -0.981. The molecule has 1 fully saturated rings. The van der Waals surface area contributed by atoms with Crippen LogP contribution in [0.1, 0.15) is 22.6 Å². The molecule has 0 bridgehead atoms. The first-order chi connectivity index (χ1) is 17.0. The SMILES string of the molecule is O=C(Nc1ccc(CC(=O)N2CSC[C@H]2C(=O)O)cc1)OCC1c2ccccc2-c2ccccc21. The zero-order valence-electron chi connectivity index (χ0n) is 18.8. The molecule has 3 aromatic carbocycles. The van der Waals surface area contributed by atoms with Gasteiger partial charge in [0.05, 0.1) is 12.3 Å². The number of anilines is 1. The van der Waals surface area contributed by atoms with E-state index in [1.54, 1.807) is 24.3 Å². The number of carbonyl (C=O) groups is 3. The number of carboxylic acid groups (broad SMARTS) is 1. The van der Waals surface area contributed by atoms with E-state index in [4.69, 9.17) is 4.74 Å². The van der Waals surface area contributed by atoms with Gasteiger partial charge in [0.2, 0.25) is 5.91 Å². The Morgan fingerprint density at radius 2 is 1.57 bits per heavy atom. The fourth-order valence-corrected chi connectivity index (χ4v) is 5.80. The first kappa shape index (κ1) is 23.0. The standard InChI is InChI=1S/C27H24N2O5S/c30-25(29-16-35-15-24(29)26(31)32)13-17-9-11-18(12-10-17)28-27(33)34-14-23-21-7-3-1-5-19(21)20-6-2-4-8-22(20)23/h1-12,23-24H,13-16H2,(H,28,33)(H,31,32)/t24-/m0/s1. The summed E-state index contributed by atoms with van der Waals surface area (Å²) in [4.78, 5) is 37.7. The van der Waals surface area contributed by atoms with Gasteiger partial charge in [-0.25, -0.2) is 9.59 Å². The molecule has 1 aliphatic heterocycles. The zero-order valence-corrected chi connectivity index (χ0v) is 19.7. The van der Waals surface area contributed by atoms with Crippen molar-refractivity contribution in [2.45, 2.75) is 18.4 Å². The van der Waals surface area contributed by atoms with E-state index < -0.39 is 18.1 Å². The molecule has 1 aliphatic carbocycles. The molecule has 0 radical (unpaired) electrons. The number of ether oxygens (including phenoxy) is 1. The highest BCUT2D eigenvalue weighted by Gasteiger charge is 2.34. The van der Waals surface area contributed by atoms with Crippen LogP contribution in [0.3, 0.4) is 0 Å². The van der Waals surface area contributed by atoms with Crippen LogP contribution >= 0.6 is 11.8 Å². The normalized spacial score (nSPS) is 16.5. The summed E-state index contributed by atoms with van der Waals surface area (Å²) >= 11 is 1.44. The van der Waals surface area contributed by atoms with Crippen molar-refractivity contribution < 1.29 is 24.2 Å². The number of rotatable bonds is 6. The maximum absolute atomic E-state index is 12.5. The van der Waals surface area contributed by atoms with E-state index in [-0.39, 0.29) is 24.9 Å². The van der Waals surface area contributed by atoms with Crippen molar-refractivity contribution in [2.24, 2.45) is 0 Å². The third-order valence-corrected chi connectivity index (χ3v) is 7.40. The molecule has 3 aromatic rings. The summed E-state index contributed by atoms with van der Waals surface area (Å²) in [5.74, 6) is -0.424. The van der Waals surface area contributed by atoms with E-state index in [2.05, 4.69) is 29.6 Å². The van der Waals surface area contributed by atoms with Crippen LogP contribution in [-0.4, -0.2) is 52.3 Å². The number of benzene rings is 3. The fourth-order valence-electron chi connectivity index (χ4n) is 4.63. The predicted molar refractivity (Wildman–Crippen MR) is 134 cm³/mol. The lowest BCUT2D eigenvalue weighted by atomic mass is 9.98. The second-order valence-electron chi connectivity index (χ2n) is 8.54. The van der Waals surface area contributed by atoms with Gasteiger partial charge in [-0.2, -0.15) is 0 Å². The van der Waals surface area contributed by atoms with Crippen LogP contribution in [0.2, 0.25) is 0 Å². The van der Waals surface area contributed by atoms with Crippen molar-refractivity contribution >= 4 is 35.4 Å². The second kappa shape index (κ2) is 9.84. The Hall–Kier alpha value is -3.78. The van der Waals surface area contributed by atoms with Crippen LogP contribution in [0.25, 0.3) is 11.1 Å². The number of hydrogen-bond donors (Lipinski definition) is 2. The van der Waals surface area contributed by atoms with E-state index in [0.717, 1.165) is 16.7 Å². The number of amides is 2. The Morgan fingerprint density at radius 3 is 2.20 bits per heavy atom. The third-order valence-electron chi connectivity index (χ3n) is 6.39. The molecule has 1 atom stereocenters.